The largest absolute Gasteiger partial charge is 0.368 e. The Kier molecular flexibility index (Phi) is 5.27. The highest BCUT2D eigenvalue weighted by Crippen LogP contribution is 2.30. The van der Waals surface area contributed by atoms with Crippen molar-refractivity contribution in [1.29, 1.82) is 0 Å². The van der Waals surface area contributed by atoms with Crippen molar-refractivity contribution in [3.63, 3.8) is 0 Å². The van der Waals surface area contributed by atoms with E-state index >= 15 is 0 Å². The number of anilines is 1. The Morgan fingerprint density at radius 3 is 2.29 bits per heavy atom. The highest BCUT2D eigenvalue weighted by atomic mass is 35.5. The standard InChI is InChI=1S/C18H23ClN2/c1-4-18(20)14-9-11-15(12-10-14)21(3)13(2)16-7-5-6-8-17(16)19/h5-13,18H,4,20H2,1-3H3/t13?,18-/m0/s1. The van der Waals surface area contributed by atoms with E-state index < -0.39 is 0 Å². The summed E-state index contributed by atoms with van der Waals surface area (Å²) in [4.78, 5) is 2.22. The van der Waals surface area contributed by atoms with E-state index in [1.54, 1.807) is 0 Å². The summed E-state index contributed by atoms with van der Waals surface area (Å²) in [7, 11) is 2.09. The van der Waals surface area contributed by atoms with Gasteiger partial charge in [-0.3, -0.25) is 0 Å². The molecule has 2 atom stereocenters. The minimum Gasteiger partial charge on any atom is -0.368 e. The predicted octanol–water partition coefficient (Wildman–Crippen LogP) is 4.95. The fraction of sp³-hybridized carbons (Fsp3) is 0.333. The molecule has 3 heteroatoms. The van der Waals surface area contributed by atoms with Crippen LogP contribution in [-0.4, -0.2) is 7.05 Å². The maximum atomic E-state index is 6.29. The van der Waals surface area contributed by atoms with Gasteiger partial charge in [0.2, 0.25) is 0 Å². The first-order valence-corrected chi connectivity index (χ1v) is 7.75. The predicted molar refractivity (Wildman–Crippen MR) is 91.9 cm³/mol. The summed E-state index contributed by atoms with van der Waals surface area (Å²) in [6.45, 7) is 4.26. The van der Waals surface area contributed by atoms with E-state index in [1.807, 2.05) is 18.2 Å². The van der Waals surface area contributed by atoms with Crippen molar-refractivity contribution in [2.75, 3.05) is 11.9 Å². The minimum absolute atomic E-state index is 0.116. The molecule has 0 fully saturated rings. The lowest BCUT2D eigenvalue weighted by molar-refractivity contribution is 0.697. The number of hydrogen-bond donors (Lipinski definition) is 1. The van der Waals surface area contributed by atoms with Gasteiger partial charge < -0.3 is 10.6 Å². The van der Waals surface area contributed by atoms with Gasteiger partial charge in [-0.1, -0.05) is 48.9 Å². The Hall–Kier alpha value is -1.51. The zero-order chi connectivity index (χ0) is 15.4. The van der Waals surface area contributed by atoms with Crippen LogP contribution in [0.25, 0.3) is 0 Å². The first kappa shape index (κ1) is 15.9. The van der Waals surface area contributed by atoms with Gasteiger partial charge >= 0.3 is 0 Å². The summed E-state index contributed by atoms with van der Waals surface area (Å²) in [5.74, 6) is 0. The Morgan fingerprint density at radius 2 is 1.71 bits per heavy atom. The molecule has 2 N–H and O–H groups in total. The van der Waals surface area contributed by atoms with E-state index in [2.05, 4.69) is 56.1 Å². The number of nitrogens with two attached hydrogens (primary N) is 1. The van der Waals surface area contributed by atoms with Crippen molar-refractivity contribution >= 4 is 17.3 Å². The maximum absolute atomic E-state index is 6.29. The molecule has 2 aromatic rings. The second-order valence-electron chi connectivity index (χ2n) is 5.41. The first-order chi connectivity index (χ1) is 10.0. The van der Waals surface area contributed by atoms with E-state index in [9.17, 15) is 0 Å². The topological polar surface area (TPSA) is 29.3 Å². The van der Waals surface area contributed by atoms with Crippen LogP contribution >= 0.6 is 11.6 Å². The van der Waals surface area contributed by atoms with Crippen molar-refractivity contribution in [3.8, 4) is 0 Å². The van der Waals surface area contributed by atoms with Crippen LogP contribution in [0.15, 0.2) is 48.5 Å². The molecule has 0 spiro atoms. The zero-order valence-corrected chi connectivity index (χ0v) is 13.6. The van der Waals surface area contributed by atoms with Crippen molar-refractivity contribution < 1.29 is 0 Å². The maximum Gasteiger partial charge on any atom is 0.0525 e. The van der Waals surface area contributed by atoms with Gasteiger partial charge in [0.15, 0.2) is 0 Å². The number of hydrogen-bond acceptors (Lipinski definition) is 2. The Balaban J connectivity index is 2.20. The molecule has 0 heterocycles. The van der Waals surface area contributed by atoms with Crippen LogP contribution in [0.5, 0.6) is 0 Å². The van der Waals surface area contributed by atoms with Gasteiger partial charge in [0.25, 0.3) is 0 Å². The van der Waals surface area contributed by atoms with Crippen LogP contribution in [0.4, 0.5) is 5.69 Å². The lowest BCUT2D eigenvalue weighted by atomic mass is 10.0. The lowest BCUT2D eigenvalue weighted by Crippen LogP contribution is -2.22. The molecule has 0 aliphatic carbocycles. The molecule has 0 aliphatic heterocycles. The SMILES string of the molecule is CC[C@H](N)c1ccc(N(C)C(C)c2ccccc2Cl)cc1. The van der Waals surface area contributed by atoms with Gasteiger partial charge in [-0.25, -0.2) is 0 Å². The summed E-state index contributed by atoms with van der Waals surface area (Å²) in [5.41, 5.74) is 9.54. The molecule has 0 saturated carbocycles. The number of benzene rings is 2. The van der Waals surface area contributed by atoms with Gasteiger partial charge in [-0.2, -0.15) is 0 Å². The molecule has 0 amide bonds. The number of rotatable bonds is 5. The molecular weight excluding hydrogens is 280 g/mol. The Bertz CT molecular complexity index is 580. The quantitative estimate of drug-likeness (QED) is 0.847. The average Bonchev–Trinajstić information content (AvgIpc) is 2.53. The normalized spacial score (nSPS) is 13.8. The molecule has 0 bridgehead atoms. The van der Waals surface area contributed by atoms with Crippen molar-refractivity contribution in [2.24, 2.45) is 5.73 Å². The first-order valence-electron chi connectivity index (χ1n) is 7.37. The molecule has 1 unspecified atom stereocenters. The van der Waals surface area contributed by atoms with E-state index in [4.69, 9.17) is 17.3 Å². The fourth-order valence-electron chi connectivity index (χ4n) is 2.44. The molecule has 2 rings (SSSR count). The average molecular weight is 303 g/mol. The Morgan fingerprint density at radius 1 is 1.10 bits per heavy atom. The second kappa shape index (κ2) is 6.97. The summed E-state index contributed by atoms with van der Waals surface area (Å²) in [6.07, 6.45) is 0.950. The van der Waals surface area contributed by atoms with Crippen LogP contribution in [0.3, 0.4) is 0 Å². The van der Waals surface area contributed by atoms with Gasteiger partial charge in [0.1, 0.15) is 0 Å². The monoisotopic (exact) mass is 302 g/mol. The second-order valence-corrected chi connectivity index (χ2v) is 5.82. The van der Waals surface area contributed by atoms with Crippen LogP contribution < -0.4 is 10.6 Å². The van der Waals surface area contributed by atoms with Crippen molar-refractivity contribution in [3.05, 3.63) is 64.7 Å². The fourth-order valence-corrected chi connectivity index (χ4v) is 2.73. The molecular formula is C18H23ClN2. The molecule has 0 saturated heterocycles. The number of halogens is 1. The van der Waals surface area contributed by atoms with Crippen LogP contribution in [0.1, 0.15) is 43.5 Å². The van der Waals surface area contributed by atoms with E-state index in [0.717, 1.165) is 22.7 Å². The van der Waals surface area contributed by atoms with E-state index in [0.29, 0.717) is 0 Å². The molecule has 2 nitrogen and oxygen atoms in total. The summed E-state index contributed by atoms with van der Waals surface area (Å²) >= 11 is 6.29. The van der Waals surface area contributed by atoms with E-state index in [1.165, 1.54) is 5.56 Å². The highest BCUT2D eigenvalue weighted by molar-refractivity contribution is 6.31. The third-order valence-corrected chi connectivity index (χ3v) is 4.45. The lowest BCUT2D eigenvalue weighted by Gasteiger charge is -2.28. The molecule has 2 aromatic carbocycles. The van der Waals surface area contributed by atoms with Gasteiger partial charge in [0.05, 0.1) is 6.04 Å². The molecule has 0 radical (unpaired) electrons. The number of nitrogens with zero attached hydrogens (tertiary/aromatic N) is 1. The minimum atomic E-state index is 0.116. The van der Waals surface area contributed by atoms with Crippen molar-refractivity contribution in [2.45, 2.75) is 32.4 Å². The van der Waals surface area contributed by atoms with Crippen molar-refractivity contribution in [1.82, 2.24) is 0 Å². The molecule has 0 aliphatic rings. The van der Waals surface area contributed by atoms with Gasteiger partial charge in [-0.15, -0.1) is 0 Å². The summed E-state index contributed by atoms with van der Waals surface area (Å²) in [6, 6.07) is 16.8. The zero-order valence-electron chi connectivity index (χ0n) is 12.9. The summed E-state index contributed by atoms with van der Waals surface area (Å²) in [5, 5.41) is 0.807. The Labute approximate surface area is 132 Å². The third kappa shape index (κ3) is 3.58. The van der Waals surface area contributed by atoms with E-state index in [-0.39, 0.29) is 12.1 Å². The molecule has 21 heavy (non-hydrogen) atoms. The molecule has 0 aromatic heterocycles. The van der Waals surface area contributed by atoms with Crippen LogP contribution in [0, 0.1) is 0 Å². The van der Waals surface area contributed by atoms with Gasteiger partial charge in [0, 0.05) is 23.8 Å². The van der Waals surface area contributed by atoms with Crippen LogP contribution in [-0.2, 0) is 0 Å². The molecule has 112 valence electrons. The third-order valence-electron chi connectivity index (χ3n) is 4.10. The smallest absolute Gasteiger partial charge is 0.0525 e. The van der Waals surface area contributed by atoms with Crippen LogP contribution in [0.2, 0.25) is 5.02 Å². The van der Waals surface area contributed by atoms with Gasteiger partial charge in [-0.05, 0) is 42.7 Å². The highest BCUT2D eigenvalue weighted by Gasteiger charge is 2.15. The summed E-state index contributed by atoms with van der Waals surface area (Å²) < 4.78 is 0.